The Morgan fingerprint density at radius 3 is 2.61 bits per heavy atom. The van der Waals surface area contributed by atoms with Crippen LogP contribution in [0.15, 0.2) is 24.5 Å². The summed E-state index contributed by atoms with van der Waals surface area (Å²) in [7, 11) is -3.12. The van der Waals surface area contributed by atoms with Crippen molar-refractivity contribution in [3.63, 3.8) is 0 Å². The molecule has 1 aromatic heterocycles. The van der Waals surface area contributed by atoms with E-state index in [9.17, 15) is 13.2 Å². The molecule has 23 heavy (non-hydrogen) atoms. The second-order valence-electron chi connectivity index (χ2n) is 6.89. The Kier molecular flexibility index (Phi) is 3.46. The molecular formula is C16H21N3O3S. The smallest absolute Gasteiger partial charge is 0.221 e. The first-order valence-corrected chi connectivity index (χ1v) is 9.71. The van der Waals surface area contributed by atoms with E-state index in [0.717, 1.165) is 18.4 Å². The van der Waals surface area contributed by atoms with Crippen molar-refractivity contribution in [3.05, 3.63) is 30.1 Å². The van der Waals surface area contributed by atoms with Crippen molar-refractivity contribution in [2.75, 3.05) is 13.1 Å². The third-order valence-electron chi connectivity index (χ3n) is 5.45. The molecule has 0 unspecified atom stereocenters. The van der Waals surface area contributed by atoms with Gasteiger partial charge in [-0.05, 0) is 37.3 Å². The Morgan fingerprint density at radius 1 is 1.26 bits per heavy atom. The number of rotatable bonds is 3. The lowest BCUT2D eigenvalue weighted by Gasteiger charge is -2.42. The van der Waals surface area contributed by atoms with Crippen LogP contribution in [-0.2, 0) is 14.8 Å². The Bertz CT molecular complexity index is 707. The predicted molar refractivity (Wildman–Crippen MR) is 85.2 cm³/mol. The van der Waals surface area contributed by atoms with E-state index in [1.165, 1.54) is 0 Å². The summed E-state index contributed by atoms with van der Waals surface area (Å²) in [5, 5.41) is 2.98. The van der Waals surface area contributed by atoms with Gasteiger partial charge >= 0.3 is 0 Å². The van der Waals surface area contributed by atoms with Crippen molar-refractivity contribution in [3.8, 4) is 0 Å². The van der Waals surface area contributed by atoms with Crippen molar-refractivity contribution in [1.29, 1.82) is 0 Å². The predicted octanol–water partition coefficient (Wildman–Crippen LogP) is 1.01. The van der Waals surface area contributed by atoms with Crippen molar-refractivity contribution in [2.45, 2.75) is 48.8 Å². The highest BCUT2D eigenvalue weighted by Crippen LogP contribution is 2.44. The van der Waals surface area contributed by atoms with Gasteiger partial charge in [0.05, 0.1) is 5.25 Å². The Labute approximate surface area is 136 Å². The van der Waals surface area contributed by atoms with Gasteiger partial charge in [0.25, 0.3) is 0 Å². The second kappa shape index (κ2) is 5.27. The number of amides is 1. The molecule has 2 saturated heterocycles. The lowest BCUT2D eigenvalue weighted by molar-refractivity contribution is -0.120. The summed E-state index contributed by atoms with van der Waals surface area (Å²) in [4.78, 5) is 16.2. The molecule has 3 fully saturated rings. The fourth-order valence-corrected chi connectivity index (χ4v) is 5.85. The number of nitrogens with one attached hydrogen (secondary N) is 1. The fraction of sp³-hybridized carbons (Fsp3) is 0.625. The standard InChI is InChI=1S/C16H21N3O3S/c20-15-10-14(12-2-1-7-17-11-12)16(18-15)5-8-19(9-6-16)23(21,22)13-3-4-13/h1-2,7,11,13-14H,3-6,8-10H2,(H,18,20)/t14-/m1/s1. The van der Waals surface area contributed by atoms with Gasteiger partial charge in [-0.25, -0.2) is 12.7 Å². The van der Waals surface area contributed by atoms with E-state index in [1.807, 2.05) is 18.3 Å². The van der Waals surface area contributed by atoms with Crippen LogP contribution in [0.25, 0.3) is 0 Å². The average Bonchev–Trinajstić information content (AvgIpc) is 3.35. The number of pyridine rings is 1. The zero-order valence-corrected chi connectivity index (χ0v) is 13.8. The average molecular weight is 335 g/mol. The quantitative estimate of drug-likeness (QED) is 0.894. The van der Waals surface area contributed by atoms with Crippen LogP contribution >= 0.6 is 0 Å². The highest BCUT2D eigenvalue weighted by Gasteiger charge is 2.51. The SMILES string of the molecule is O=C1C[C@H](c2cccnc2)C2(CCN(S(=O)(=O)C3CC3)CC2)N1. The van der Waals surface area contributed by atoms with E-state index in [1.54, 1.807) is 10.5 Å². The van der Waals surface area contributed by atoms with Gasteiger partial charge in [-0.1, -0.05) is 6.07 Å². The highest BCUT2D eigenvalue weighted by molar-refractivity contribution is 7.90. The maximum atomic E-state index is 12.4. The number of nitrogens with zero attached hydrogens (tertiary/aromatic N) is 2. The molecule has 124 valence electrons. The molecule has 7 heteroatoms. The van der Waals surface area contributed by atoms with E-state index < -0.39 is 10.0 Å². The molecule has 1 saturated carbocycles. The van der Waals surface area contributed by atoms with Gasteiger partial charge in [-0.15, -0.1) is 0 Å². The zero-order chi connectivity index (χ0) is 16.1. The van der Waals surface area contributed by atoms with Gasteiger partial charge in [0.1, 0.15) is 0 Å². The number of hydrogen-bond donors (Lipinski definition) is 1. The molecule has 1 atom stereocenters. The molecule has 0 aromatic carbocycles. The zero-order valence-electron chi connectivity index (χ0n) is 12.9. The largest absolute Gasteiger partial charge is 0.350 e. The number of sulfonamides is 1. The molecule has 0 radical (unpaired) electrons. The van der Waals surface area contributed by atoms with Crippen LogP contribution in [0.2, 0.25) is 0 Å². The van der Waals surface area contributed by atoms with Gasteiger partial charge in [-0.3, -0.25) is 9.78 Å². The van der Waals surface area contributed by atoms with E-state index in [2.05, 4.69) is 10.3 Å². The summed E-state index contributed by atoms with van der Waals surface area (Å²) in [6.45, 7) is 0.992. The van der Waals surface area contributed by atoms with Crippen LogP contribution in [0, 0.1) is 0 Å². The summed E-state index contributed by atoms with van der Waals surface area (Å²) in [5.74, 6) is 0.131. The van der Waals surface area contributed by atoms with Gasteiger partial charge in [-0.2, -0.15) is 0 Å². The van der Waals surface area contributed by atoms with E-state index >= 15 is 0 Å². The van der Waals surface area contributed by atoms with Gasteiger partial charge in [0.2, 0.25) is 15.9 Å². The van der Waals surface area contributed by atoms with E-state index in [4.69, 9.17) is 0 Å². The molecule has 1 amide bonds. The lowest BCUT2D eigenvalue weighted by atomic mass is 9.75. The minimum atomic E-state index is -3.12. The third kappa shape index (κ3) is 2.55. The molecule has 6 nitrogen and oxygen atoms in total. The molecule has 3 aliphatic rings. The molecule has 1 spiro atoms. The normalized spacial score (nSPS) is 28.0. The third-order valence-corrected chi connectivity index (χ3v) is 7.85. The van der Waals surface area contributed by atoms with Crippen molar-refractivity contribution in [1.82, 2.24) is 14.6 Å². The number of carbonyl (C=O) groups excluding carboxylic acids is 1. The molecule has 0 bridgehead atoms. The molecule has 3 heterocycles. The van der Waals surface area contributed by atoms with Gasteiger partial charge in [0.15, 0.2) is 0 Å². The van der Waals surface area contributed by atoms with Gasteiger partial charge in [0, 0.05) is 43.4 Å². The van der Waals surface area contributed by atoms with Crippen molar-refractivity contribution < 1.29 is 13.2 Å². The van der Waals surface area contributed by atoms with Crippen LogP contribution in [0.1, 0.15) is 43.6 Å². The maximum absolute atomic E-state index is 12.4. The van der Waals surface area contributed by atoms with Crippen LogP contribution in [0.5, 0.6) is 0 Å². The highest BCUT2D eigenvalue weighted by atomic mass is 32.2. The molecule has 4 rings (SSSR count). The molecule has 1 aliphatic carbocycles. The lowest BCUT2D eigenvalue weighted by Crippen LogP contribution is -2.54. The Hall–Kier alpha value is -1.47. The molecule has 1 N–H and O–H groups in total. The Balaban J connectivity index is 1.55. The van der Waals surface area contributed by atoms with Crippen LogP contribution in [0.4, 0.5) is 0 Å². The summed E-state index contributed by atoms with van der Waals surface area (Å²) in [5.41, 5.74) is 0.736. The Morgan fingerprint density at radius 2 is 2.00 bits per heavy atom. The van der Waals surface area contributed by atoms with Crippen molar-refractivity contribution in [2.24, 2.45) is 0 Å². The molecular weight excluding hydrogens is 314 g/mol. The van der Waals surface area contributed by atoms with Crippen molar-refractivity contribution >= 4 is 15.9 Å². The van der Waals surface area contributed by atoms with E-state index in [-0.39, 0.29) is 22.6 Å². The first kappa shape index (κ1) is 15.1. The summed E-state index contributed by atoms with van der Waals surface area (Å²) in [6, 6.07) is 3.89. The summed E-state index contributed by atoms with van der Waals surface area (Å²) in [6.07, 6.45) is 6.93. The number of aromatic nitrogens is 1. The number of carbonyl (C=O) groups is 1. The maximum Gasteiger partial charge on any atom is 0.221 e. The number of piperidine rings is 1. The van der Waals surface area contributed by atoms with Crippen LogP contribution in [0.3, 0.4) is 0 Å². The minimum Gasteiger partial charge on any atom is -0.350 e. The summed E-state index contributed by atoms with van der Waals surface area (Å²) >= 11 is 0. The first-order valence-electron chi connectivity index (χ1n) is 8.21. The van der Waals surface area contributed by atoms with Crippen LogP contribution in [-0.4, -0.2) is 47.5 Å². The molecule has 1 aromatic rings. The second-order valence-corrected chi connectivity index (χ2v) is 9.10. The van der Waals surface area contributed by atoms with Gasteiger partial charge < -0.3 is 5.32 Å². The minimum absolute atomic E-state index is 0.0531. The molecule has 2 aliphatic heterocycles. The number of hydrogen-bond acceptors (Lipinski definition) is 4. The van der Waals surface area contributed by atoms with E-state index in [0.29, 0.717) is 32.4 Å². The topological polar surface area (TPSA) is 79.4 Å². The fourth-order valence-electron chi connectivity index (χ4n) is 4.01. The first-order chi connectivity index (χ1) is 11.0. The van der Waals surface area contributed by atoms with Crippen LogP contribution < -0.4 is 5.32 Å². The summed E-state index contributed by atoms with van der Waals surface area (Å²) < 4.78 is 26.4. The monoisotopic (exact) mass is 335 g/mol.